The van der Waals surface area contributed by atoms with Gasteiger partial charge in [0.1, 0.15) is 11.5 Å². The molecule has 0 aliphatic carbocycles. The predicted octanol–water partition coefficient (Wildman–Crippen LogP) is 2.78. The van der Waals surface area contributed by atoms with Crippen molar-refractivity contribution in [1.29, 1.82) is 0 Å². The predicted molar refractivity (Wildman–Crippen MR) is 77.3 cm³/mol. The average molecular weight is 278 g/mol. The Balaban J connectivity index is 2.51. The standard InChI is InChI=1S/C14H18N2O2S/c1-9-14(19-8-16-9)13(15-2)11-7-10(17-3)5-6-12(11)18-4/h5-8,13,15H,1-4H3. The summed E-state index contributed by atoms with van der Waals surface area (Å²) in [5.74, 6) is 1.66. The first-order chi connectivity index (χ1) is 9.21. The van der Waals surface area contributed by atoms with Crippen LogP contribution in [0.3, 0.4) is 0 Å². The number of hydrogen-bond acceptors (Lipinski definition) is 5. The lowest BCUT2D eigenvalue weighted by molar-refractivity contribution is 0.395. The van der Waals surface area contributed by atoms with Crippen LogP contribution in [0.4, 0.5) is 0 Å². The van der Waals surface area contributed by atoms with E-state index in [1.165, 1.54) is 4.88 Å². The molecule has 2 aromatic rings. The lowest BCUT2D eigenvalue weighted by Crippen LogP contribution is -2.18. The third kappa shape index (κ3) is 2.72. The maximum atomic E-state index is 5.45. The molecule has 1 heterocycles. The summed E-state index contributed by atoms with van der Waals surface area (Å²) in [5, 5.41) is 3.32. The van der Waals surface area contributed by atoms with Crippen molar-refractivity contribution in [3.63, 3.8) is 0 Å². The highest BCUT2D eigenvalue weighted by atomic mass is 32.1. The number of aryl methyl sites for hydroxylation is 1. The number of benzene rings is 1. The zero-order valence-corrected chi connectivity index (χ0v) is 12.4. The molecule has 1 unspecified atom stereocenters. The molecule has 0 saturated carbocycles. The van der Waals surface area contributed by atoms with Crippen LogP contribution < -0.4 is 14.8 Å². The van der Waals surface area contributed by atoms with Gasteiger partial charge in [0.2, 0.25) is 0 Å². The highest BCUT2D eigenvalue weighted by Gasteiger charge is 2.20. The van der Waals surface area contributed by atoms with Crippen molar-refractivity contribution < 1.29 is 9.47 Å². The normalized spacial score (nSPS) is 12.2. The summed E-state index contributed by atoms with van der Waals surface area (Å²) in [4.78, 5) is 5.50. The van der Waals surface area contributed by atoms with E-state index < -0.39 is 0 Å². The number of aromatic nitrogens is 1. The van der Waals surface area contributed by atoms with E-state index >= 15 is 0 Å². The molecule has 0 saturated heterocycles. The van der Waals surface area contributed by atoms with Crippen LogP contribution >= 0.6 is 11.3 Å². The Bertz CT molecular complexity index is 554. The minimum absolute atomic E-state index is 0.0533. The van der Waals surface area contributed by atoms with E-state index in [4.69, 9.17) is 9.47 Å². The summed E-state index contributed by atoms with van der Waals surface area (Å²) in [6.07, 6.45) is 0. The number of hydrogen-bond donors (Lipinski definition) is 1. The SMILES string of the molecule is CNC(c1cc(OC)ccc1OC)c1scnc1C. The number of rotatable bonds is 5. The summed E-state index contributed by atoms with van der Waals surface area (Å²) in [5.41, 5.74) is 3.95. The summed E-state index contributed by atoms with van der Waals surface area (Å²) in [6, 6.07) is 5.88. The maximum absolute atomic E-state index is 5.45. The van der Waals surface area contributed by atoms with Crippen molar-refractivity contribution in [3.8, 4) is 11.5 Å². The van der Waals surface area contributed by atoms with Crippen molar-refractivity contribution in [2.24, 2.45) is 0 Å². The minimum Gasteiger partial charge on any atom is -0.497 e. The van der Waals surface area contributed by atoms with Crippen LogP contribution in [0.15, 0.2) is 23.7 Å². The van der Waals surface area contributed by atoms with Gasteiger partial charge in [0.05, 0.1) is 31.5 Å². The molecule has 1 N–H and O–H groups in total. The van der Waals surface area contributed by atoms with E-state index in [-0.39, 0.29) is 6.04 Å². The summed E-state index contributed by atoms with van der Waals surface area (Å²) < 4.78 is 10.8. The first kappa shape index (κ1) is 13.8. The molecule has 5 heteroatoms. The molecule has 1 atom stereocenters. The van der Waals surface area contributed by atoms with Crippen LogP contribution in [0.25, 0.3) is 0 Å². The van der Waals surface area contributed by atoms with Crippen LogP contribution in [-0.4, -0.2) is 26.3 Å². The first-order valence-corrected chi connectivity index (χ1v) is 6.88. The number of thiazole rings is 1. The second kappa shape index (κ2) is 6.04. The molecule has 4 nitrogen and oxygen atoms in total. The molecule has 2 rings (SSSR count). The van der Waals surface area contributed by atoms with Crippen LogP contribution in [0, 0.1) is 6.92 Å². The van der Waals surface area contributed by atoms with Gasteiger partial charge in [0.15, 0.2) is 0 Å². The molecule has 102 valence electrons. The van der Waals surface area contributed by atoms with Gasteiger partial charge in [-0.1, -0.05) is 0 Å². The summed E-state index contributed by atoms with van der Waals surface area (Å²) in [7, 11) is 5.28. The van der Waals surface area contributed by atoms with Crippen LogP contribution in [-0.2, 0) is 0 Å². The summed E-state index contributed by atoms with van der Waals surface area (Å²) in [6.45, 7) is 2.02. The number of nitrogens with zero attached hydrogens (tertiary/aromatic N) is 1. The Morgan fingerprint density at radius 2 is 2.05 bits per heavy atom. The smallest absolute Gasteiger partial charge is 0.124 e. The van der Waals surface area contributed by atoms with Gasteiger partial charge in [-0.05, 0) is 32.2 Å². The second-order valence-corrected chi connectivity index (χ2v) is 5.02. The molecule has 0 fully saturated rings. The third-order valence-electron chi connectivity index (χ3n) is 3.08. The van der Waals surface area contributed by atoms with E-state index in [0.29, 0.717) is 0 Å². The van der Waals surface area contributed by atoms with Gasteiger partial charge in [-0.2, -0.15) is 0 Å². The molecule has 0 bridgehead atoms. The molecule has 0 radical (unpaired) electrons. The van der Waals surface area contributed by atoms with Gasteiger partial charge in [0.25, 0.3) is 0 Å². The molecule has 1 aromatic heterocycles. The van der Waals surface area contributed by atoms with E-state index in [1.54, 1.807) is 25.6 Å². The van der Waals surface area contributed by atoms with Gasteiger partial charge in [0, 0.05) is 10.4 Å². The van der Waals surface area contributed by atoms with Crippen LogP contribution in [0.1, 0.15) is 22.2 Å². The van der Waals surface area contributed by atoms with Crippen molar-refractivity contribution >= 4 is 11.3 Å². The second-order valence-electron chi connectivity index (χ2n) is 4.13. The van der Waals surface area contributed by atoms with Crippen molar-refractivity contribution in [2.45, 2.75) is 13.0 Å². The van der Waals surface area contributed by atoms with E-state index in [2.05, 4.69) is 10.3 Å². The number of methoxy groups -OCH3 is 2. The molecule has 0 aliphatic heterocycles. The number of ether oxygens (including phenoxy) is 2. The highest BCUT2D eigenvalue weighted by Crippen LogP contribution is 2.35. The molecule has 0 aliphatic rings. The van der Waals surface area contributed by atoms with Gasteiger partial charge < -0.3 is 14.8 Å². The van der Waals surface area contributed by atoms with Crippen molar-refractivity contribution in [2.75, 3.05) is 21.3 Å². The molecule has 0 spiro atoms. The van der Waals surface area contributed by atoms with E-state index in [9.17, 15) is 0 Å². The van der Waals surface area contributed by atoms with Crippen LogP contribution in [0.2, 0.25) is 0 Å². The molecule has 1 aromatic carbocycles. The quantitative estimate of drug-likeness (QED) is 0.913. The third-order valence-corrected chi connectivity index (χ3v) is 4.08. The largest absolute Gasteiger partial charge is 0.497 e. The fourth-order valence-corrected chi connectivity index (χ4v) is 3.01. The van der Waals surface area contributed by atoms with E-state index in [0.717, 1.165) is 22.8 Å². The van der Waals surface area contributed by atoms with Gasteiger partial charge in [-0.15, -0.1) is 11.3 Å². The Hall–Kier alpha value is -1.59. The zero-order valence-electron chi connectivity index (χ0n) is 11.6. The van der Waals surface area contributed by atoms with Gasteiger partial charge >= 0.3 is 0 Å². The zero-order chi connectivity index (χ0) is 13.8. The lowest BCUT2D eigenvalue weighted by atomic mass is 10.0. The summed E-state index contributed by atoms with van der Waals surface area (Å²) >= 11 is 1.64. The monoisotopic (exact) mass is 278 g/mol. The Labute approximate surface area is 117 Å². The Morgan fingerprint density at radius 3 is 2.58 bits per heavy atom. The molecule has 19 heavy (non-hydrogen) atoms. The topological polar surface area (TPSA) is 43.4 Å². The molecular formula is C14H18N2O2S. The van der Waals surface area contributed by atoms with Crippen LogP contribution in [0.5, 0.6) is 11.5 Å². The average Bonchev–Trinajstić information content (AvgIpc) is 2.86. The Morgan fingerprint density at radius 1 is 1.26 bits per heavy atom. The molecule has 0 amide bonds. The van der Waals surface area contributed by atoms with Gasteiger partial charge in [-0.3, -0.25) is 0 Å². The van der Waals surface area contributed by atoms with Crippen molar-refractivity contribution in [1.82, 2.24) is 10.3 Å². The van der Waals surface area contributed by atoms with Gasteiger partial charge in [-0.25, -0.2) is 4.98 Å². The highest BCUT2D eigenvalue weighted by molar-refractivity contribution is 7.09. The first-order valence-electron chi connectivity index (χ1n) is 6.00. The number of nitrogens with one attached hydrogen (secondary N) is 1. The minimum atomic E-state index is 0.0533. The fraction of sp³-hybridized carbons (Fsp3) is 0.357. The molecular weight excluding hydrogens is 260 g/mol. The fourth-order valence-electron chi connectivity index (χ4n) is 2.08. The maximum Gasteiger partial charge on any atom is 0.124 e. The lowest BCUT2D eigenvalue weighted by Gasteiger charge is -2.19. The Kier molecular flexibility index (Phi) is 4.39. The van der Waals surface area contributed by atoms with Crippen molar-refractivity contribution in [3.05, 3.63) is 39.8 Å². The van der Waals surface area contributed by atoms with E-state index in [1.807, 2.05) is 37.7 Å².